The van der Waals surface area contributed by atoms with Crippen LogP contribution in [-0.2, 0) is 4.79 Å². The Balaban J connectivity index is 0.00000576. The van der Waals surface area contributed by atoms with Crippen molar-refractivity contribution in [2.24, 2.45) is 5.73 Å². The molecule has 3 N–H and O–H groups in total. The Kier molecular flexibility index (Phi) is 10.00. The monoisotopic (exact) mass is 380 g/mol. The van der Waals surface area contributed by atoms with Crippen molar-refractivity contribution in [3.05, 3.63) is 23.8 Å². The van der Waals surface area contributed by atoms with E-state index in [1.165, 1.54) is 14.0 Å². The van der Waals surface area contributed by atoms with E-state index in [4.69, 9.17) is 15.2 Å². The number of ether oxygens (including phenoxy) is 2. The highest BCUT2D eigenvalue weighted by Crippen LogP contribution is 2.28. The molecule has 0 saturated heterocycles. The number of amides is 1. The zero-order valence-electron chi connectivity index (χ0n) is 14.1. The van der Waals surface area contributed by atoms with Gasteiger partial charge >= 0.3 is 0 Å². The third-order valence-corrected chi connectivity index (χ3v) is 3.22. The minimum absolute atomic E-state index is 0. The van der Waals surface area contributed by atoms with Crippen molar-refractivity contribution in [1.82, 2.24) is 5.32 Å². The maximum atomic E-state index is 12.9. The summed E-state index contributed by atoms with van der Waals surface area (Å²) in [5.41, 5.74) is 5.38. The van der Waals surface area contributed by atoms with Crippen LogP contribution in [-0.4, -0.2) is 44.4 Å². The van der Waals surface area contributed by atoms with Crippen molar-refractivity contribution in [3.8, 4) is 11.5 Å². The Morgan fingerprint density at radius 3 is 2.52 bits per heavy atom. The summed E-state index contributed by atoms with van der Waals surface area (Å²) in [6.45, 7) is 0.0640. The van der Waals surface area contributed by atoms with Gasteiger partial charge in [-0.2, -0.15) is 0 Å². The van der Waals surface area contributed by atoms with Crippen molar-refractivity contribution >= 4 is 24.1 Å². The second-order valence-corrected chi connectivity index (χ2v) is 5.21. The topological polar surface area (TPSA) is 90.6 Å². The highest BCUT2D eigenvalue weighted by molar-refractivity contribution is 5.94. The number of alkyl halides is 2. The first-order chi connectivity index (χ1) is 11.3. The lowest BCUT2D eigenvalue weighted by atomic mass is 10.1. The number of hydrogen-bond donors (Lipinski definition) is 2. The van der Waals surface area contributed by atoms with E-state index in [1.807, 2.05) is 0 Å². The Morgan fingerprint density at radius 1 is 1.28 bits per heavy atom. The molecule has 0 fully saturated rings. The summed E-state index contributed by atoms with van der Waals surface area (Å²) in [6.07, 6.45) is 0.395. The Labute approximate surface area is 151 Å². The van der Waals surface area contributed by atoms with Gasteiger partial charge in [-0.1, -0.05) is 0 Å². The molecule has 0 aliphatic heterocycles. The standard InChI is InChI=1S/C16H22F2N2O4.ClH/c1-11(21)12-5-6-13(14(8-12)23-2)24-7-3-4-15(22)20-10-16(17,18)9-19;/h5-6,8H,3-4,7,9-10,19H2,1-2H3,(H,20,22);1H. The van der Waals surface area contributed by atoms with Crippen LogP contribution in [0.4, 0.5) is 8.78 Å². The van der Waals surface area contributed by atoms with Crippen molar-refractivity contribution in [2.75, 3.05) is 26.8 Å². The molecular formula is C16H23ClF2N2O4. The number of Topliss-reactive ketones (excluding diaryl/α,β-unsaturated/α-hetero) is 1. The predicted molar refractivity (Wildman–Crippen MR) is 92.0 cm³/mol. The lowest BCUT2D eigenvalue weighted by molar-refractivity contribution is -0.123. The molecule has 0 atom stereocenters. The number of nitrogens with one attached hydrogen (secondary N) is 1. The van der Waals surface area contributed by atoms with Crippen LogP contribution in [0.15, 0.2) is 18.2 Å². The average Bonchev–Trinajstić information content (AvgIpc) is 2.56. The molecule has 142 valence electrons. The highest BCUT2D eigenvalue weighted by Gasteiger charge is 2.26. The van der Waals surface area contributed by atoms with Crippen LogP contribution in [0.25, 0.3) is 0 Å². The molecule has 1 aromatic rings. The SMILES string of the molecule is COc1cc(C(C)=O)ccc1OCCCC(=O)NCC(F)(F)CN.Cl. The minimum atomic E-state index is -3.10. The van der Waals surface area contributed by atoms with Crippen molar-refractivity contribution in [2.45, 2.75) is 25.7 Å². The lowest BCUT2D eigenvalue weighted by Crippen LogP contribution is -2.41. The molecule has 0 saturated carbocycles. The van der Waals surface area contributed by atoms with Gasteiger partial charge in [0, 0.05) is 12.0 Å². The van der Waals surface area contributed by atoms with Crippen molar-refractivity contribution < 1.29 is 27.8 Å². The molecule has 0 heterocycles. The number of methoxy groups -OCH3 is 1. The number of rotatable bonds is 10. The summed E-state index contributed by atoms with van der Waals surface area (Å²) in [5.74, 6) is -2.83. The molecule has 0 aliphatic rings. The van der Waals surface area contributed by atoms with E-state index in [1.54, 1.807) is 18.2 Å². The van der Waals surface area contributed by atoms with Gasteiger partial charge in [0.05, 0.1) is 26.8 Å². The average molecular weight is 381 g/mol. The third kappa shape index (κ3) is 8.13. The van der Waals surface area contributed by atoms with Crippen LogP contribution in [0.1, 0.15) is 30.1 Å². The van der Waals surface area contributed by atoms with E-state index in [0.717, 1.165) is 0 Å². The normalized spacial score (nSPS) is 10.6. The number of nitrogens with two attached hydrogens (primary N) is 1. The Bertz CT molecular complexity index is 585. The van der Waals surface area contributed by atoms with Gasteiger partial charge in [-0.15, -0.1) is 12.4 Å². The van der Waals surface area contributed by atoms with Gasteiger partial charge in [-0.25, -0.2) is 8.78 Å². The zero-order chi connectivity index (χ0) is 18.2. The van der Waals surface area contributed by atoms with E-state index in [-0.39, 0.29) is 31.2 Å². The summed E-state index contributed by atoms with van der Waals surface area (Å²) < 4.78 is 36.4. The van der Waals surface area contributed by atoms with Gasteiger partial charge in [0.25, 0.3) is 5.92 Å². The first-order valence-electron chi connectivity index (χ1n) is 7.45. The molecule has 9 heteroatoms. The van der Waals surface area contributed by atoms with Crippen LogP contribution in [0.2, 0.25) is 0 Å². The maximum Gasteiger partial charge on any atom is 0.277 e. The van der Waals surface area contributed by atoms with Crippen LogP contribution >= 0.6 is 12.4 Å². The van der Waals surface area contributed by atoms with Gasteiger partial charge < -0.3 is 20.5 Å². The fraction of sp³-hybridized carbons (Fsp3) is 0.500. The summed E-state index contributed by atoms with van der Waals surface area (Å²) in [6, 6.07) is 4.79. The van der Waals surface area contributed by atoms with Crippen LogP contribution in [0, 0.1) is 0 Å². The third-order valence-electron chi connectivity index (χ3n) is 3.22. The van der Waals surface area contributed by atoms with E-state index < -0.39 is 24.9 Å². The van der Waals surface area contributed by atoms with Crippen molar-refractivity contribution in [3.63, 3.8) is 0 Å². The van der Waals surface area contributed by atoms with Crippen LogP contribution in [0.5, 0.6) is 11.5 Å². The predicted octanol–water partition coefficient (Wildman–Crippen LogP) is 2.19. The Hall–Kier alpha value is -1.93. The molecule has 0 bridgehead atoms. The number of carbonyl (C=O) groups is 2. The second kappa shape index (κ2) is 10.8. The summed E-state index contributed by atoms with van der Waals surface area (Å²) in [7, 11) is 1.46. The molecule has 6 nitrogen and oxygen atoms in total. The maximum absolute atomic E-state index is 12.9. The first-order valence-corrected chi connectivity index (χ1v) is 7.45. The van der Waals surface area contributed by atoms with Crippen molar-refractivity contribution in [1.29, 1.82) is 0 Å². The van der Waals surface area contributed by atoms with E-state index in [0.29, 0.717) is 23.5 Å². The molecule has 0 spiro atoms. The molecule has 0 unspecified atom stereocenters. The summed E-state index contributed by atoms with van der Waals surface area (Å²) in [4.78, 5) is 22.8. The fourth-order valence-electron chi connectivity index (χ4n) is 1.81. The number of halogens is 3. The molecule has 0 aliphatic carbocycles. The quantitative estimate of drug-likeness (QED) is 0.479. The van der Waals surface area contributed by atoms with Gasteiger partial charge in [-0.05, 0) is 31.5 Å². The lowest BCUT2D eigenvalue weighted by Gasteiger charge is -2.14. The van der Waals surface area contributed by atoms with Crippen LogP contribution in [0.3, 0.4) is 0 Å². The fourth-order valence-corrected chi connectivity index (χ4v) is 1.81. The van der Waals surface area contributed by atoms with Crippen LogP contribution < -0.4 is 20.5 Å². The van der Waals surface area contributed by atoms with E-state index in [2.05, 4.69) is 5.32 Å². The highest BCUT2D eigenvalue weighted by atomic mass is 35.5. The molecular weight excluding hydrogens is 358 g/mol. The first kappa shape index (κ1) is 23.1. The smallest absolute Gasteiger partial charge is 0.277 e. The van der Waals surface area contributed by atoms with Gasteiger partial charge in [-0.3, -0.25) is 9.59 Å². The van der Waals surface area contributed by atoms with Gasteiger partial charge in [0.1, 0.15) is 0 Å². The number of ketones is 1. The molecule has 0 radical (unpaired) electrons. The molecule has 25 heavy (non-hydrogen) atoms. The number of hydrogen-bond acceptors (Lipinski definition) is 5. The molecule has 1 rings (SSSR count). The molecule has 1 amide bonds. The zero-order valence-corrected chi connectivity index (χ0v) is 15.0. The largest absolute Gasteiger partial charge is 0.493 e. The molecule has 0 aromatic heterocycles. The van der Waals surface area contributed by atoms with Gasteiger partial charge in [0.2, 0.25) is 5.91 Å². The summed E-state index contributed by atoms with van der Waals surface area (Å²) >= 11 is 0. The minimum Gasteiger partial charge on any atom is -0.493 e. The van der Waals surface area contributed by atoms with E-state index in [9.17, 15) is 18.4 Å². The van der Waals surface area contributed by atoms with Gasteiger partial charge in [0.15, 0.2) is 17.3 Å². The molecule has 1 aromatic carbocycles. The Morgan fingerprint density at radius 2 is 1.96 bits per heavy atom. The summed E-state index contributed by atoms with van der Waals surface area (Å²) in [5, 5.41) is 2.13. The number of carbonyl (C=O) groups excluding carboxylic acids is 2. The number of benzene rings is 1. The second-order valence-electron chi connectivity index (χ2n) is 5.21. The van der Waals surface area contributed by atoms with E-state index >= 15 is 0 Å².